The molecule has 1 heterocycles. The van der Waals surface area contributed by atoms with E-state index in [1.807, 2.05) is 24.3 Å². The van der Waals surface area contributed by atoms with Crippen LogP contribution in [-0.2, 0) is 11.2 Å². The summed E-state index contributed by atoms with van der Waals surface area (Å²) in [5.74, 6) is 0.285. The zero-order valence-corrected chi connectivity index (χ0v) is 12.9. The molecule has 1 aliphatic carbocycles. The Kier molecular flexibility index (Phi) is 4.01. The van der Waals surface area contributed by atoms with Crippen LogP contribution in [0.25, 0.3) is 0 Å². The van der Waals surface area contributed by atoms with Crippen LogP contribution in [0.3, 0.4) is 0 Å². The fourth-order valence-corrected chi connectivity index (χ4v) is 2.98. The van der Waals surface area contributed by atoms with Gasteiger partial charge >= 0.3 is 5.97 Å². The van der Waals surface area contributed by atoms with Crippen LogP contribution in [0.1, 0.15) is 36.7 Å². The molecule has 7 heteroatoms. The summed E-state index contributed by atoms with van der Waals surface area (Å²) in [4.78, 5) is 11.1. The van der Waals surface area contributed by atoms with Crippen LogP contribution in [0.5, 0.6) is 0 Å². The van der Waals surface area contributed by atoms with Gasteiger partial charge in [0.2, 0.25) is 0 Å². The molecule has 3 rings (SSSR count). The molecular weight excluding hydrogens is 336 g/mol. The average Bonchev–Trinajstić information content (AvgIpc) is 3.17. The van der Waals surface area contributed by atoms with E-state index in [9.17, 15) is 4.79 Å². The molecule has 21 heavy (non-hydrogen) atoms. The Morgan fingerprint density at radius 1 is 1.48 bits per heavy atom. The summed E-state index contributed by atoms with van der Waals surface area (Å²) in [7, 11) is 0. The predicted octanol–water partition coefficient (Wildman–Crippen LogP) is 2.45. The van der Waals surface area contributed by atoms with Gasteiger partial charge in [0.25, 0.3) is 0 Å². The van der Waals surface area contributed by atoms with Gasteiger partial charge in [0.15, 0.2) is 5.82 Å². The minimum atomic E-state index is -0.809. The lowest BCUT2D eigenvalue weighted by atomic mass is 10.1. The van der Waals surface area contributed by atoms with E-state index in [0.29, 0.717) is 18.2 Å². The first-order valence-electron chi connectivity index (χ1n) is 6.86. The lowest BCUT2D eigenvalue weighted by Crippen LogP contribution is -2.19. The van der Waals surface area contributed by atoms with E-state index < -0.39 is 5.97 Å². The van der Waals surface area contributed by atoms with E-state index in [2.05, 4.69) is 31.5 Å². The van der Waals surface area contributed by atoms with Crippen molar-refractivity contribution >= 4 is 21.9 Å². The second-order valence-corrected chi connectivity index (χ2v) is 6.26. The van der Waals surface area contributed by atoms with Crippen LogP contribution in [0.15, 0.2) is 28.7 Å². The summed E-state index contributed by atoms with van der Waals surface area (Å²) >= 11 is 3.44. The van der Waals surface area contributed by atoms with Crippen LogP contribution < -0.4 is 0 Å². The SMILES string of the molecule is O=C(O)CC(C1CC1)n1nnnc1Cc1cccc(Br)c1. The Bertz CT molecular complexity index is 654. The van der Waals surface area contributed by atoms with Crippen molar-refractivity contribution in [2.75, 3.05) is 0 Å². The normalized spacial score (nSPS) is 15.9. The fourth-order valence-electron chi connectivity index (χ4n) is 2.53. The number of tetrazole rings is 1. The second kappa shape index (κ2) is 5.93. The average molecular weight is 351 g/mol. The molecular formula is C14H15BrN4O2. The van der Waals surface area contributed by atoms with E-state index >= 15 is 0 Å². The number of rotatable bonds is 6. The van der Waals surface area contributed by atoms with Crippen molar-refractivity contribution in [3.63, 3.8) is 0 Å². The summed E-state index contributed by atoms with van der Waals surface area (Å²) in [5, 5.41) is 20.9. The molecule has 1 aromatic carbocycles. The van der Waals surface area contributed by atoms with Crippen molar-refractivity contribution in [3.8, 4) is 0 Å². The first-order chi connectivity index (χ1) is 10.1. The number of aliphatic carboxylic acids is 1. The highest BCUT2D eigenvalue weighted by Crippen LogP contribution is 2.41. The second-order valence-electron chi connectivity index (χ2n) is 5.35. The van der Waals surface area contributed by atoms with Gasteiger partial charge in [0.1, 0.15) is 0 Å². The number of hydrogen-bond acceptors (Lipinski definition) is 4. The van der Waals surface area contributed by atoms with Gasteiger partial charge in [-0.1, -0.05) is 28.1 Å². The van der Waals surface area contributed by atoms with E-state index in [-0.39, 0.29) is 12.5 Å². The first-order valence-corrected chi connectivity index (χ1v) is 7.66. The number of carboxylic acids is 1. The minimum Gasteiger partial charge on any atom is -0.481 e. The highest BCUT2D eigenvalue weighted by Gasteiger charge is 2.36. The number of benzene rings is 1. The molecule has 110 valence electrons. The topological polar surface area (TPSA) is 80.9 Å². The van der Waals surface area contributed by atoms with Crippen molar-refractivity contribution < 1.29 is 9.90 Å². The van der Waals surface area contributed by atoms with Gasteiger partial charge in [-0.25, -0.2) is 4.68 Å². The van der Waals surface area contributed by atoms with Gasteiger partial charge in [0, 0.05) is 10.9 Å². The molecule has 1 aliphatic rings. The Labute approximate surface area is 130 Å². The van der Waals surface area contributed by atoms with Crippen molar-refractivity contribution in [3.05, 3.63) is 40.1 Å². The van der Waals surface area contributed by atoms with E-state index in [1.54, 1.807) is 4.68 Å². The van der Waals surface area contributed by atoms with Gasteiger partial charge in [0.05, 0.1) is 12.5 Å². The minimum absolute atomic E-state index is 0.0706. The Morgan fingerprint density at radius 3 is 2.95 bits per heavy atom. The van der Waals surface area contributed by atoms with Crippen molar-refractivity contribution in [2.45, 2.75) is 31.7 Å². The maximum Gasteiger partial charge on any atom is 0.305 e. The summed E-state index contributed by atoms with van der Waals surface area (Å²) in [5.41, 5.74) is 1.09. The number of nitrogens with zero attached hydrogens (tertiary/aromatic N) is 4. The van der Waals surface area contributed by atoms with Crippen molar-refractivity contribution in [2.24, 2.45) is 5.92 Å². The highest BCUT2D eigenvalue weighted by molar-refractivity contribution is 9.10. The fraction of sp³-hybridized carbons (Fsp3) is 0.429. The van der Waals surface area contributed by atoms with Gasteiger partial charge in [-0.05, 0) is 46.9 Å². The van der Waals surface area contributed by atoms with Crippen LogP contribution in [0.2, 0.25) is 0 Å². The van der Waals surface area contributed by atoms with Crippen molar-refractivity contribution in [1.29, 1.82) is 0 Å². The molecule has 1 unspecified atom stereocenters. The first kappa shape index (κ1) is 14.2. The molecule has 0 saturated heterocycles. The number of hydrogen-bond donors (Lipinski definition) is 1. The molecule has 1 N–H and O–H groups in total. The third-order valence-electron chi connectivity index (χ3n) is 3.68. The maximum atomic E-state index is 11.1. The molecule has 0 spiro atoms. The molecule has 0 bridgehead atoms. The molecule has 2 aromatic rings. The van der Waals surface area contributed by atoms with Crippen LogP contribution in [0.4, 0.5) is 0 Å². The smallest absolute Gasteiger partial charge is 0.305 e. The van der Waals surface area contributed by atoms with Gasteiger partial charge < -0.3 is 5.11 Å². The highest BCUT2D eigenvalue weighted by atomic mass is 79.9. The lowest BCUT2D eigenvalue weighted by molar-refractivity contribution is -0.138. The van der Waals surface area contributed by atoms with Gasteiger partial charge in [-0.2, -0.15) is 0 Å². The van der Waals surface area contributed by atoms with E-state index in [4.69, 9.17) is 5.11 Å². The third kappa shape index (κ3) is 3.47. The molecule has 0 radical (unpaired) electrons. The van der Waals surface area contributed by atoms with Gasteiger partial charge in [-0.3, -0.25) is 4.79 Å². The molecule has 0 amide bonds. The van der Waals surface area contributed by atoms with E-state index in [0.717, 1.165) is 22.9 Å². The largest absolute Gasteiger partial charge is 0.481 e. The van der Waals surface area contributed by atoms with Crippen molar-refractivity contribution in [1.82, 2.24) is 20.2 Å². The summed E-state index contributed by atoms with van der Waals surface area (Å²) in [6, 6.07) is 7.81. The Hall–Kier alpha value is -1.76. The summed E-state index contributed by atoms with van der Waals surface area (Å²) in [6.07, 6.45) is 2.76. The molecule has 1 fully saturated rings. The quantitative estimate of drug-likeness (QED) is 0.865. The van der Waals surface area contributed by atoms with E-state index in [1.165, 1.54) is 0 Å². The maximum absolute atomic E-state index is 11.1. The number of halogens is 1. The Morgan fingerprint density at radius 2 is 2.29 bits per heavy atom. The molecule has 6 nitrogen and oxygen atoms in total. The summed E-state index contributed by atoms with van der Waals surface area (Å²) < 4.78 is 2.70. The number of aromatic nitrogens is 4. The zero-order valence-electron chi connectivity index (χ0n) is 11.3. The lowest BCUT2D eigenvalue weighted by Gasteiger charge is -2.15. The van der Waals surface area contributed by atoms with Crippen LogP contribution in [-0.4, -0.2) is 31.3 Å². The van der Waals surface area contributed by atoms with Crippen LogP contribution >= 0.6 is 15.9 Å². The molecule has 1 saturated carbocycles. The standard InChI is InChI=1S/C14H15BrN4O2/c15-11-3-1-2-9(6-11)7-13-16-17-18-19(13)12(8-14(20)21)10-4-5-10/h1-3,6,10,12H,4-5,7-8H2,(H,20,21). The summed E-state index contributed by atoms with van der Waals surface area (Å²) in [6.45, 7) is 0. The number of carboxylic acid groups (broad SMARTS) is 1. The number of carbonyl (C=O) groups is 1. The predicted molar refractivity (Wildman–Crippen MR) is 78.8 cm³/mol. The van der Waals surface area contributed by atoms with Gasteiger partial charge in [-0.15, -0.1) is 5.10 Å². The zero-order chi connectivity index (χ0) is 14.8. The Balaban J connectivity index is 1.84. The third-order valence-corrected chi connectivity index (χ3v) is 4.17. The molecule has 1 aromatic heterocycles. The monoisotopic (exact) mass is 350 g/mol. The molecule has 1 atom stereocenters. The van der Waals surface area contributed by atoms with Crippen LogP contribution in [0, 0.1) is 5.92 Å². The molecule has 0 aliphatic heterocycles.